The number of aliphatic hydroxyl groups is 1. The Labute approximate surface area is 340 Å². The molecule has 0 radical (unpaired) electrons. The van der Waals surface area contributed by atoms with Crippen LogP contribution < -0.4 is 14.4 Å². The fourth-order valence-electron chi connectivity index (χ4n) is 9.93. The van der Waals surface area contributed by atoms with Crippen LogP contribution in [0.15, 0.2) is 24.3 Å². The molecule has 3 aliphatic rings. The predicted molar refractivity (Wildman–Crippen MR) is 223 cm³/mol. The van der Waals surface area contributed by atoms with Gasteiger partial charge in [-0.25, -0.2) is 18.2 Å². The molecule has 0 spiro atoms. The van der Waals surface area contributed by atoms with Crippen LogP contribution in [0.1, 0.15) is 78.5 Å². The average molecular weight is 820 g/mol. The van der Waals surface area contributed by atoms with Crippen molar-refractivity contribution >= 4 is 35.6 Å². The molecule has 0 saturated carbocycles. The van der Waals surface area contributed by atoms with Crippen LogP contribution in [0.25, 0.3) is 32.9 Å². The minimum Gasteiger partial charge on any atom is -0.468 e. The number of hydrogen-bond acceptors (Lipinski definition) is 10. The van der Waals surface area contributed by atoms with E-state index in [1.807, 2.05) is 4.90 Å². The molecule has 58 heavy (non-hydrogen) atoms. The lowest BCUT2D eigenvalue weighted by atomic mass is 9.95. The summed E-state index contributed by atoms with van der Waals surface area (Å²) in [6, 6.07) is 6.28. The van der Waals surface area contributed by atoms with Gasteiger partial charge in [0.25, 0.3) is 0 Å². The molecule has 4 aromatic rings. The molecular formula is C44H56F3N5O5Si. The zero-order valence-corrected chi connectivity index (χ0v) is 35.8. The van der Waals surface area contributed by atoms with E-state index in [0.29, 0.717) is 84.7 Å². The summed E-state index contributed by atoms with van der Waals surface area (Å²) >= 11 is 0. The molecule has 3 saturated heterocycles. The Morgan fingerprint density at radius 3 is 2.47 bits per heavy atom. The molecule has 3 fully saturated rings. The Kier molecular flexibility index (Phi) is 12.6. The number of methoxy groups -OCH3 is 1. The maximum Gasteiger partial charge on any atom is 0.319 e. The van der Waals surface area contributed by atoms with Crippen LogP contribution in [0, 0.1) is 23.1 Å². The van der Waals surface area contributed by atoms with Crippen molar-refractivity contribution in [2.24, 2.45) is 0 Å². The van der Waals surface area contributed by atoms with Crippen LogP contribution in [0.5, 0.6) is 11.8 Å². The predicted octanol–water partition coefficient (Wildman–Crippen LogP) is 8.35. The number of ether oxygens (including phenoxy) is 4. The van der Waals surface area contributed by atoms with E-state index in [-0.39, 0.29) is 52.8 Å². The first-order chi connectivity index (χ1) is 27.8. The van der Waals surface area contributed by atoms with Gasteiger partial charge in [-0.05, 0) is 66.0 Å². The van der Waals surface area contributed by atoms with Gasteiger partial charge in [0.05, 0.1) is 35.4 Å². The summed E-state index contributed by atoms with van der Waals surface area (Å²) in [5.74, 6) is 2.67. The number of halogens is 3. The van der Waals surface area contributed by atoms with Crippen molar-refractivity contribution in [3.05, 3.63) is 47.2 Å². The number of alkyl halides is 1. The van der Waals surface area contributed by atoms with Gasteiger partial charge in [-0.3, -0.25) is 4.90 Å². The fourth-order valence-corrected chi connectivity index (χ4v) is 15.1. The summed E-state index contributed by atoms with van der Waals surface area (Å²) in [5, 5.41) is 12.1. The highest BCUT2D eigenvalue weighted by molar-refractivity contribution is 6.90. The van der Waals surface area contributed by atoms with Crippen LogP contribution in [-0.2, 0) is 16.1 Å². The smallest absolute Gasteiger partial charge is 0.319 e. The number of pyridine rings is 1. The van der Waals surface area contributed by atoms with Gasteiger partial charge < -0.3 is 29.0 Å². The normalized spacial score (nSPS) is 20.3. The van der Waals surface area contributed by atoms with Gasteiger partial charge in [-0.15, -0.1) is 5.54 Å². The zero-order valence-electron chi connectivity index (χ0n) is 34.8. The average Bonchev–Trinajstić information content (AvgIpc) is 3.57. The lowest BCUT2D eigenvalue weighted by Crippen LogP contribution is -2.43. The van der Waals surface area contributed by atoms with Crippen LogP contribution in [0.4, 0.5) is 19.0 Å². The molecule has 0 bridgehead atoms. The summed E-state index contributed by atoms with van der Waals surface area (Å²) in [5.41, 5.74) is 4.27. The fraction of sp³-hybridized carbons (Fsp3) is 0.568. The van der Waals surface area contributed by atoms with Gasteiger partial charge in [0, 0.05) is 50.7 Å². The second-order valence-corrected chi connectivity index (χ2v) is 22.5. The number of hydrogen-bond donors (Lipinski definition) is 1. The first-order valence-corrected chi connectivity index (χ1v) is 22.8. The van der Waals surface area contributed by atoms with Crippen molar-refractivity contribution in [1.29, 1.82) is 0 Å². The summed E-state index contributed by atoms with van der Waals surface area (Å²) in [6.07, 6.45) is 1.80. The highest BCUT2D eigenvalue weighted by atomic mass is 28.3. The molecule has 2 aromatic carbocycles. The number of fused-ring (bicyclic) bond motifs is 3. The summed E-state index contributed by atoms with van der Waals surface area (Å²) in [6.45, 7) is 15.8. The maximum absolute atomic E-state index is 17.7. The number of aromatic nitrogens is 3. The summed E-state index contributed by atoms with van der Waals surface area (Å²) in [4.78, 5) is 18.4. The first-order valence-electron chi connectivity index (χ1n) is 20.6. The number of nitrogens with zero attached hydrogens (tertiary/aromatic N) is 5. The molecule has 1 N–H and O–H groups in total. The molecule has 2 atom stereocenters. The lowest BCUT2D eigenvalue weighted by Gasteiger charge is -2.38. The van der Waals surface area contributed by atoms with E-state index in [0.717, 1.165) is 19.4 Å². The van der Waals surface area contributed by atoms with Crippen molar-refractivity contribution in [2.45, 2.75) is 102 Å². The third kappa shape index (κ3) is 7.76. The first kappa shape index (κ1) is 42.1. The molecule has 14 heteroatoms. The molecule has 312 valence electrons. The number of benzene rings is 2. The van der Waals surface area contributed by atoms with Crippen molar-refractivity contribution in [3.63, 3.8) is 0 Å². The second kappa shape index (κ2) is 17.3. The lowest BCUT2D eigenvalue weighted by molar-refractivity contribution is 0.0512. The van der Waals surface area contributed by atoms with Gasteiger partial charge in [-0.2, -0.15) is 9.97 Å². The zero-order chi connectivity index (χ0) is 41.4. The van der Waals surface area contributed by atoms with E-state index >= 15 is 8.78 Å². The SMILES string of the molecule is COCOc1cc(-c2nc(CO)c3c(N4CCCOCC4)nc(OC[C@@]45CCCN4C[C@H](F)C5)nc3c2F)c2c(C#C[Si](C(C)C)(C(C)C)C(C)C)c(F)ccc2c1. The monoisotopic (exact) mass is 819 g/mol. The number of anilines is 1. The molecule has 5 heterocycles. The third-order valence-corrected chi connectivity index (χ3v) is 18.9. The molecule has 0 amide bonds. The minimum absolute atomic E-state index is 0.0619. The largest absolute Gasteiger partial charge is 0.468 e. The molecular weight excluding hydrogens is 764 g/mol. The molecule has 0 unspecified atom stereocenters. The van der Waals surface area contributed by atoms with E-state index in [4.69, 9.17) is 28.9 Å². The van der Waals surface area contributed by atoms with E-state index in [9.17, 15) is 9.50 Å². The Morgan fingerprint density at radius 1 is 0.966 bits per heavy atom. The Bertz CT molecular complexity index is 2180. The van der Waals surface area contributed by atoms with Gasteiger partial charge in [-0.1, -0.05) is 53.5 Å². The topological polar surface area (TPSA) is 102 Å². The van der Waals surface area contributed by atoms with Crippen LogP contribution in [0.2, 0.25) is 16.6 Å². The van der Waals surface area contributed by atoms with E-state index in [1.54, 1.807) is 18.2 Å². The number of rotatable bonds is 12. The highest BCUT2D eigenvalue weighted by Gasteiger charge is 2.49. The third-order valence-electron chi connectivity index (χ3n) is 12.6. The number of aliphatic hydroxyl groups excluding tert-OH is 1. The van der Waals surface area contributed by atoms with E-state index < -0.39 is 38.0 Å². The van der Waals surface area contributed by atoms with Gasteiger partial charge in [0.1, 0.15) is 49.4 Å². The Balaban J connectivity index is 1.47. The van der Waals surface area contributed by atoms with Crippen molar-refractivity contribution in [2.75, 3.05) is 64.8 Å². The van der Waals surface area contributed by atoms with Crippen molar-refractivity contribution in [3.8, 4) is 34.5 Å². The second-order valence-electron chi connectivity index (χ2n) is 16.9. The standard InChI is InChI=1S/C44H56F3N5O5Si/c1-27(2)58(28(3)4,29(5)6)19-12-33-35(46)11-10-30-20-32(57-26-54-7)21-34(37(30)33)40-39(47)41-38(36(24-53)48-40)42(51-14-9-17-55-18-16-51)50-43(49-41)56-25-44-13-8-15-52(44)23-31(45)22-44/h10-11,20-21,27-29,31,53H,8-9,13-18,22-26H2,1-7H3/t31-,44+/m1/s1. The molecule has 3 aliphatic heterocycles. The van der Waals surface area contributed by atoms with Gasteiger partial charge in [0.15, 0.2) is 12.6 Å². The summed E-state index contributed by atoms with van der Waals surface area (Å²) < 4.78 is 71.9. The van der Waals surface area contributed by atoms with Crippen LogP contribution >= 0.6 is 0 Å². The Morgan fingerprint density at radius 2 is 1.74 bits per heavy atom. The van der Waals surface area contributed by atoms with Crippen LogP contribution in [-0.4, -0.2) is 105 Å². The molecule has 0 aliphatic carbocycles. The molecule has 10 nitrogen and oxygen atoms in total. The molecule has 7 rings (SSSR count). The molecule has 2 aromatic heterocycles. The van der Waals surface area contributed by atoms with E-state index in [1.165, 1.54) is 13.2 Å². The van der Waals surface area contributed by atoms with Crippen molar-refractivity contribution < 1.29 is 37.2 Å². The van der Waals surface area contributed by atoms with Crippen molar-refractivity contribution in [1.82, 2.24) is 19.9 Å². The highest BCUT2D eigenvalue weighted by Crippen LogP contribution is 2.44. The van der Waals surface area contributed by atoms with E-state index in [2.05, 4.69) is 62.9 Å². The van der Waals surface area contributed by atoms with Gasteiger partial charge in [0.2, 0.25) is 0 Å². The minimum atomic E-state index is -2.33. The quantitative estimate of drug-likeness (QED) is 0.0853. The maximum atomic E-state index is 17.7. The van der Waals surface area contributed by atoms with Gasteiger partial charge >= 0.3 is 6.01 Å². The Hall–Kier alpha value is -4.00. The van der Waals surface area contributed by atoms with Crippen LogP contribution in [0.3, 0.4) is 0 Å². The summed E-state index contributed by atoms with van der Waals surface area (Å²) in [7, 11) is -0.834.